The first-order valence-electron chi connectivity index (χ1n) is 6.53. The van der Waals surface area contributed by atoms with Crippen LogP contribution in [0.15, 0.2) is 22.6 Å². The highest BCUT2D eigenvalue weighted by atomic mass is 32.5. The Hall–Kier alpha value is -1.98. The quantitative estimate of drug-likeness (QED) is 0.665. The average Bonchev–Trinajstić information content (AvgIpc) is 2.40. The summed E-state index contributed by atoms with van der Waals surface area (Å²) in [6.07, 6.45) is -8.16. The van der Waals surface area contributed by atoms with Crippen molar-refractivity contribution in [1.82, 2.24) is 0 Å². The maximum Gasteiger partial charge on any atom is 0.430 e. The van der Waals surface area contributed by atoms with Gasteiger partial charge in [-0.15, -0.1) is 0 Å². The molecule has 0 aliphatic carbocycles. The lowest BCUT2D eigenvalue weighted by Crippen LogP contribution is -2.40. The molecule has 142 valence electrons. The fraction of sp³-hybridized carbons (Fsp3) is 0.308. The predicted molar refractivity (Wildman–Crippen MR) is 73.3 cm³/mol. The second kappa shape index (κ2) is 4.80. The van der Waals surface area contributed by atoms with Gasteiger partial charge in [-0.3, -0.25) is 0 Å². The van der Waals surface area contributed by atoms with Gasteiger partial charge in [0.25, 0.3) is 0 Å². The van der Waals surface area contributed by atoms with Gasteiger partial charge >= 0.3 is 22.4 Å². The topological polar surface area (TPSA) is 46.5 Å². The molecular formula is C13H10F8O3S. The van der Waals surface area contributed by atoms with Gasteiger partial charge in [-0.05, 0) is 30.2 Å². The summed E-state index contributed by atoms with van der Waals surface area (Å²) in [7, 11) is -10.1. The summed E-state index contributed by atoms with van der Waals surface area (Å²) in [5.41, 5.74) is -2.75. The van der Waals surface area contributed by atoms with Crippen LogP contribution in [0.2, 0.25) is 0 Å². The molecule has 3 nitrogen and oxygen atoms in total. The summed E-state index contributed by atoms with van der Waals surface area (Å²) in [6, 6.07) is -0.0843. The molecule has 1 aliphatic heterocycles. The molecule has 0 fully saturated rings. The number of fused-ring (bicyclic) bond motifs is 1. The Morgan fingerprint density at radius 2 is 1.76 bits per heavy atom. The largest absolute Gasteiger partial charge is 0.478 e. The summed E-state index contributed by atoms with van der Waals surface area (Å²) in [5.74, 6) is -2.80. The van der Waals surface area contributed by atoms with Gasteiger partial charge in [0.15, 0.2) is 0 Å². The van der Waals surface area contributed by atoms with Gasteiger partial charge in [-0.1, -0.05) is 26.4 Å². The number of ether oxygens (including phenoxy) is 1. The SMILES string of the molecule is CCc1cc(S(F)(F)(F)(F)F)cc2c1OC(C(F)(F)F)C(C(=O)O)=C2. The maximum absolute atomic E-state index is 13.0. The second-order valence-corrected chi connectivity index (χ2v) is 7.68. The molecule has 25 heavy (non-hydrogen) atoms. The standard InChI is InChI=1S/C13H10F8O3S/c1-2-6-3-8(25(17,18,19,20)21)4-7-5-9(12(22)23)11(13(14,15)16)24-10(6)7/h3-5,11H,2H2,1H3,(H,22,23). The van der Waals surface area contributed by atoms with Crippen LogP contribution in [0.1, 0.15) is 18.1 Å². The number of benzene rings is 1. The fourth-order valence-electron chi connectivity index (χ4n) is 2.26. The van der Waals surface area contributed by atoms with Crippen LogP contribution >= 0.6 is 10.2 Å². The molecular weight excluding hydrogens is 388 g/mol. The molecule has 1 atom stereocenters. The minimum absolute atomic E-state index is 0.0213. The van der Waals surface area contributed by atoms with Gasteiger partial charge in [0.2, 0.25) is 6.10 Å². The second-order valence-electron chi connectivity index (χ2n) is 5.27. The lowest BCUT2D eigenvalue weighted by atomic mass is 9.98. The third kappa shape index (κ3) is 3.83. The number of hydrogen-bond donors (Lipinski definition) is 1. The first-order chi connectivity index (χ1) is 10.9. The Morgan fingerprint density at radius 1 is 1.20 bits per heavy atom. The van der Waals surface area contributed by atoms with Crippen molar-refractivity contribution < 1.29 is 47.2 Å². The number of aryl methyl sites for hydroxylation is 1. The van der Waals surface area contributed by atoms with E-state index < -0.39 is 55.8 Å². The Bertz CT molecular complexity index is 779. The first-order valence-corrected chi connectivity index (χ1v) is 8.48. The molecule has 1 aromatic rings. The highest BCUT2D eigenvalue weighted by molar-refractivity contribution is 8.45. The van der Waals surface area contributed by atoms with E-state index >= 15 is 0 Å². The van der Waals surface area contributed by atoms with Crippen LogP contribution in [0.25, 0.3) is 6.08 Å². The smallest absolute Gasteiger partial charge is 0.430 e. The van der Waals surface area contributed by atoms with Crippen molar-refractivity contribution in [3.8, 4) is 5.75 Å². The summed E-state index contributed by atoms with van der Waals surface area (Å²) >= 11 is 0. The Balaban J connectivity index is 2.78. The van der Waals surface area contributed by atoms with Gasteiger partial charge in [0, 0.05) is 5.56 Å². The number of alkyl halides is 3. The van der Waals surface area contributed by atoms with E-state index in [4.69, 9.17) is 5.11 Å². The molecule has 0 radical (unpaired) electrons. The zero-order valence-electron chi connectivity index (χ0n) is 12.2. The lowest BCUT2D eigenvalue weighted by molar-refractivity contribution is -0.187. The van der Waals surface area contributed by atoms with Crippen LogP contribution in [-0.2, 0) is 11.2 Å². The number of carbonyl (C=O) groups is 1. The summed E-state index contributed by atoms with van der Waals surface area (Å²) in [6.45, 7) is 1.23. The van der Waals surface area contributed by atoms with E-state index in [2.05, 4.69) is 4.74 Å². The molecule has 1 unspecified atom stereocenters. The number of hydrogen-bond acceptors (Lipinski definition) is 2. The molecule has 0 bridgehead atoms. The van der Waals surface area contributed by atoms with Crippen LogP contribution < -0.4 is 4.74 Å². The molecule has 0 spiro atoms. The van der Waals surface area contributed by atoms with Crippen molar-refractivity contribution in [3.63, 3.8) is 0 Å². The van der Waals surface area contributed by atoms with E-state index in [0.29, 0.717) is 0 Å². The van der Waals surface area contributed by atoms with E-state index in [1.807, 2.05) is 0 Å². The zero-order chi connectivity index (χ0) is 19.5. The molecule has 1 N–H and O–H groups in total. The van der Waals surface area contributed by atoms with Crippen molar-refractivity contribution in [2.24, 2.45) is 0 Å². The van der Waals surface area contributed by atoms with E-state index in [-0.39, 0.29) is 24.6 Å². The Kier molecular flexibility index (Phi) is 3.71. The van der Waals surface area contributed by atoms with E-state index in [1.54, 1.807) is 0 Å². The van der Waals surface area contributed by atoms with Crippen LogP contribution in [-0.4, -0.2) is 23.4 Å². The highest BCUT2D eigenvalue weighted by Gasteiger charge is 2.65. The van der Waals surface area contributed by atoms with Crippen molar-refractivity contribution in [2.45, 2.75) is 30.5 Å². The lowest BCUT2D eigenvalue weighted by Gasteiger charge is -2.41. The summed E-state index contributed by atoms with van der Waals surface area (Å²) in [4.78, 5) is 8.64. The summed E-state index contributed by atoms with van der Waals surface area (Å²) in [5, 5.41) is 8.84. The van der Waals surface area contributed by atoms with Gasteiger partial charge in [-0.25, -0.2) is 4.79 Å². The maximum atomic E-state index is 13.0. The third-order valence-electron chi connectivity index (χ3n) is 3.37. The predicted octanol–water partition coefficient (Wildman–Crippen LogP) is 5.70. The van der Waals surface area contributed by atoms with Gasteiger partial charge < -0.3 is 9.84 Å². The average molecular weight is 398 g/mol. The Labute approximate surface area is 135 Å². The number of aliphatic carboxylic acids is 1. The van der Waals surface area contributed by atoms with E-state index in [9.17, 15) is 37.4 Å². The van der Waals surface area contributed by atoms with E-state index in [1.165, 1.54) is 6.92 Å². The molecule has 0 saturated heterocycles. The van der Waals surface area contributed by atoms with Crippen LogP contribution in [0.5, 0.6) is 5.75 Å². The molecule has 1 aromatic carbocycles. The van der Waals surface area contributed by atoms with Gasteiger partial charge in [-0.2, -0.15) is 13.2 Å². The van der Waals surface area contributed by atoms with Crippen LogP contribution in [0.3, 0.4) is 0 Å². The van der Waals surface area contributed by atoms with Crippen molar-refractivity contribution in [1.29, 1.82) is 0 Å². The molecule has 0 aromatic heterocycles. The molecule has 0 amide bonds. The molecule has 12 heteroatoms. The molecule has 2 rings (SSSR count). The van der Waals surface area contributed by atoms with Gasteiger partial charge in [0.1, 0.15) is 10.6 Å². The normalized spacial score (nSPS) is 20.7. The van der Waals surface area contributed by atoms with Crippen LogP contribution in [0, 0.1) is 0 Å². The highest BCUT2D eigenvalue weighted by Crippen LogP contribution is 3.02. The van der Waals surface area contributed by atoms with Gasteiger partial charge in [0.05, 0.1) is 5.57 Å². The Morgan fingerprint density at radius 3 is 2.16 bits per heavy atom. The third-order valence-corrected chi connectivity index (χ3v) is 4.49. The summed E-state index contributed by atoms with van der Waals surface area (Å²) < 4.78 is 108. The number of carboxylic acids is 1. The first kappa shape index (κ1) is 19.3. The van der Waals surface area contributed by atoms with Crippen molar-refractivity contribution in [2.75, 3.05) is 0 Å². The van der Waals surface area contributed by atoms with Crippen LogP contribution in [0.4, 0.5) is 32.6 Å². The van der Waals surface area contributed by atoms with Crippen molar-refractivity contribution >= 4 is 22.3 Å². The van der Waals surface area contributed by atoms with Crippen molar-refractivity contribution in [3.05, 3.63) is 28.8 Å². The number of rotatable bonds is 3. The van der Waals surface area contributed by atoms with E-state index in [0.717, 1.165) is 0 Å². The number of carboxylic acid groups (broad SMARTS) is 1. The number of halogens is 8. The molecule has 1 aliphatic rings. The fourth-order valence-corrected chi connectivity index (χ4v) is 2.98. The minimum atomic E-state index is -10.1. The molecule has 1 heterocycles. The molecule has 0 saturated carbocycles. The minimum Gasteiger partial charge on any atom is -0.478 e. The zero-order valence-corrected chi connectivity index (χ0v) is 13.0. The monoisotopic (exact) mass is 398 g/mol.